The Labute approximate surface area is 117 Å². The molecular weight excluding hydrogens is 290 g/mol. The zero-order valence-electron chi connectivity index (χ0n) is 10.3. The number of rotatable bonds is 5. The molecule has 0 fully saturated rings. The number of methoxy groups -OCH3 is 1. The maximum Gasteiger partial charge on any atom is 0.387 e. The number of benzene rings is 1. The Bertz CT molecular complexity index is 668. The van der Waals surface area contributed by atoms with Crippen LogP contribution >= 0.6 is 12.2 Å². The normalized spacial score (nSPS) is 11.2. The summed E-state index contributed by atoms with van der Waals surface area (Å²) >= 11 is 4.92. The molecule has 0 aliphatic heterocycles. The van der Waals surface area contributed by atoms with E-state index in [4.69, 9.17) is 17.0 Å². The molecule has 1 heterocycles. The third-order valence-electron chi connectivity index (χ3n) is 2.27. The van der Waals surface area contributed by atoms with Gasteiger partial charge in [0.1, 0.15) is 6.33 Å². The second-order valence-corrected chi connectivity index (χ2v) is 3.93. The number of nitrogens with zero attached hydrogens (tertiary/aromatic N) is 3. The Morgan fingerprint density at radius 2 is 2.25 bits per heavy atom. The zero-order chi connectivity index (χ0) is 14.5. The van der Waals surface area contributed by atoms with Crippen molar-refractivity contribution in [3.05, 3.63) is 34.9 Å². The van der Waals surface area contributed by atoms with Gasteiger partial charge in [-0.1, -0.05) is 0 Å². The number of hydrogen-bond donors (Lipinski definition) is 1. The minimum atomic E-state index is -2.91. The molecule has 0 saturated carbocycles. The van der Waals surface area contributed by atoms with Gasteiger partial charge < -0.3 is 9.47 Å². The molecule has 6 nitrogen and oxygen atoms in total. The molecular formula is C11H10F2N4O2S. The summed E-state index contributed by atoms with van der Waals surface area (Å²) in [6, 6.07) is 4.46. The van der Waals surface area contributed by atoms with E-state index in [1.807, 2.05) is 0 Å². The van der Waals surface area contributed by atoms with Crippen LogP contribution in [-0.4, -0.2) is 34.8 Å². The first-order valence-corrected chi connectivity index (χ1v) is 5.80. The van der Waals surface area contributed by atoms with E-state index >= 15 is 0 Å². The Morgan fingerprint density at radius 1 is 1.45 bits per heavy atom. The first kappa shape index (κ1) is 14.1. The molecule has 0 radical (unpaired) electrons. The quantitative estimate of drug-likeness (QED) is 0.680. The number of aromatic amines is 1. The van der Waals surface area contributed by atoms with E-state index in [2.05, 4.69) is 20.0 Å². The van der Waals surface area contributed by atoms with Gasteiger partial charge in [0.15, 0.2) is 11.5 Å². The summed E-state index contributed by atoms with van der Waals surface area (Å²) in [5, 5.41) is 10.3. The molecule has 106 valence electrons. The van der Waals surface area contributed by atoms with E-state index in [0.717, 1.165) is 0 Å². The molecule has 9 heteroatoms. The van der Waals surface area contributed by atoms with Gasteiger partial charge in [-0.3, -0.25) is 5.10 Å². The van der Waals surface area contributed by atoms with Crippen molar-refractivity contribution in [1.82, 2.24) is 14.9 Å². The summed E-state index contributed by atoms with van der Waals surface area (Å²) in [6.45, 7) is -2.91. The van der Waals surface area contributed by atoms with Crippen molar-refractivity contribution >= 4 is 18.4 Å². The molecule has 2 rings (SSSR count). The van der Waals surface area contributed by atoms with Crippen molar-refractivity contribution in [2.45, 2.75) is 6.61 Å². The smallest absolute Gasteiger partial charge is 0.387 e. The Hall–Kier alpha value is -2.29. The van der Waals surface area contributed by atoms with Gasteiger partial charge in [-0.25, -0.2) is 0 Å². The first-order chi connectivity index (χ1) is 9.60. The second-order valence-electron chi connectivity index (χ2n) is 3.54. The van der Waals surface area contributed by atoms with Crippen molar-refractivity contribution in [3.8, 4) is 11.5 Å². The van der Waals surface area contributed by atoms with E-state index in [1.54, 1.807) is 6.07 Å². The standard InChI is InChI=1S/C11H10F2N4O2S/c1-18-9-4-7(2-3-8(9)19-10(12)13)5-15-17-6-14-16-11(17)20/h2-6,10H,1H3,(H,16,20). The van der Waals surface area contributed by atoms with Crippen LogP contribution in [0.1, 0.15) is 5.56 Å². The van der Waals surface area contributed by atoms with Crippen LogP contribution in [0.25, 0.3) is 0 Å². The van der Waals surface area contributed by atoms with Gasteiger partial charge in [0.2, 0.25) is 4.77 Å². The van der Waals surface area contributed by atoms with Gasteiger partial charge in [0, 0.05) is 0 Å². The lowest BCUT2D eigenvalue weighted by Crippen LogP contribution is -2.03. The maximum atomic E-state index is 12.2. The van der Waals surface area contributed by atoms with Crippen LogP contribution in [0.5, 0.6) is 11.5 Å². The number of halogens is 2. The molecule has 20 heavy (non-hydrogen) atoms. The summed E-state index contributed by atoms with van der Waals surface area (Å²) in [4.78, 5) is 0. The average molecular weight is 300 g/mol. The summed E-state index contributed by atoms with van der Waals surface area (Å²) < 4.78 is 35.4. The molecule has 2 aromatic rings. The largest absolute Gasteiger partial charge is 0.493 e. The third kappa shape index (κ3) is 3.38. The Balaban J connectivity index is 2.23. The van der Waals surface area contributed by atoms with Crippen molar-refractivity contribution in [2.75, 3.05) is 7.11 Å². The van der Waals surface area contributed by atoms with Crippen molar-refractivity contribution < 1.29 is 18.3 Å². The van der Waals surface area contributed by atoms with E-state index in [-0.39, 0.29) is 11.5 Å². The summed E-state index contributed by atoms with van der Waals surface area (Å²) in [5.41, 5.74) is 0.631. The SMILES string of the molecule is COc1cc(C=Nn2cn[nH]c2=S)ccc1OC(F)F. The number of aromatic nitrogens is 3. The monoisotopic (exact) mass is 300 g/mol. The molecule has 0 amide bonds. The minimum Gasteiger partial charge on any atom is -0.493 e. The number of nitrogens with one attached hydrogen (secondary N) is 1. The predicted molar refractivity (Wildman–Crippen MR) is 70.0 cm³/mol. The topological polar surface area (TPSA) is 64.4 Å². The molecule has 0 saturated heterocycles. The fourth-order valence-corrected chi connectivity index (χ4v) is 1.56. The van der Waals surface area contributed by atoms with Crippen molar-refractivity contribution in [3.63, 3.8) is 0 Å². The second kappa shape index (κ2) is 6.24. The average Bonchev–Trinajstić information content (AvgIpc) is 2.82. The van der Waals surface area contributed by atoms with Crippen LogP contribution < -0.4 is 9.47 Å². The zero-order valence-corrected chi connectivity index (χ0v) is 11.1. The van der Waals surface area contributed by atoms with Crippen molar-refractivity contribution in [2.24, 2.45) is 5.10 Å². The van der Waals surface area contributed by atoms with Crippen LogP contribution in [0.2, 0.25) is 0 Å². The van der Waals surface area contributed by atoms with Gasteiger partial charge in [0.25, 0.3) is 0 Å². The van der Waals surface area contributed by atoms with E-state index < -0.39 is 6.61 Å². The summed E-state index contributed by atoms with van der Waals surface area (Å²) in [5.74, 6) is 0.143. The highest BCUT2D eigenvalue weighted by Crippen LogP contribution is 2.28. The minimum absolute atomic E-state index is 0.0421. The predicted octanol–water partition coefficient (Wildman–Crippen LogP) is 2.43. The van der Waals surface area contributed by atoms with Gasteiger partial charge in [-0.05, 0) is 36.0 Å². The molecule has 0 unspecified atom stereocenters. The molecule has 0 spiro atoms. The lowest BCUT2D eigenvalue weighted by atomic mass is 10.2. The summed E-state index contributed by atoms with van der Waals surface area (Å²) in [7, 11) is 1.36. The van der Waals surface area contributed by atoms with Crippen LogP contribution in [0.15, 0.2) is 29.6 Å². The molecule has 0 aliphatic rings. The van der Waals surface area contributed by atoms with Crippen LogP contribution in [-0.2, 0) is 0 Å². The molecule has 0 bridgehead atoms. The van der Waals surface area contributed by atoms with Crippen LogP contribution in [0, 0.1) is 4.77 Å². The highest BCUT2D eigenvalue weighted by atomic mass is 32.1. The Kier molecular flexibility index (Phi) is 4.41. The number of alkyl halides is 2. The number of H-pyrrole nitrogens is 1. The number of ether oxygens (including phenoxy) is 2. The van der Waals surface area contributed by atoms with E-state index in [9.17, 15) is 8.78 Å². The van der Waals surface area contributed by atoms with Gasteiger partial charge in [-0.2, -0.15) is 23.7 Å². The van der Waals surface area contributed by atoms with Gasteiger partial charge in [-0.15, -0.1) is 0 Å². The molecule has 0 aliphatic carbocycles. The first-order valence-electron chi connectivity index (χ1n) is 5.39. The van der Waals surface area contributed by atoms with Crippen LogP contribution in [0.3, 0.4) is 0 Å². The van der Waals surface area contributed by atoms with Gasteiger partial charge in [0.05, 0.1) is 13.3 Å². The molecule has 1 aromatic heterocycles. The highest BCUT2D eigenvalue weighted by molar-refractivity contribution is 7.71. The molecule has 1 N–H and O–H groups in total. The number of hydrogen-bond acceptors (Lipinski definition) is 5. The molecule has 0 atom stereocenters. The fourth-order valence-electron chi connectivity index (χ4n) is 1.41. The van der Waals surface area contributed by atoms with E-state index in [1.165, 1.54) is 36.5 Å². The van der Waals surface area contributed by atoms with E-state index in [0.29, 0.717) is 10.3 Å². The molecule has 1 aromatic carbocycles. The third-order valence-corrected chi connectivity index (χ3v) is 2.55. The lowest BCUT2D eigenvalue weighted by Gasteiger charge is -2.09. The summed E-state index contributed by atoms with van der Waals surface area (Å²) in [6.07, 6.45) is 2.89. The van der Waals surface area contributed by atoms with Crippen molar-refractivity contribution in [1.29, 1.82) is 0 Å². The van der Waals surface area contributed by atoms with Gasteiger partial charge >= 0.3 is 6.61 Å². The Morgan fingerprint density at radius 3 is 2.85 bits per heavy atom. The lowest BCUT2D eigenvalue weighted by molar-refractivity contribution is -0.0512. The van der Waals surface area contributed by atoms with Crippen LogP contribution in [0.4, 0.5) is 8.78 Å². The highest BCUT2D eigenvalue weighted by Gasteiger charge is 2.10. The fraction of sp³-hybridized carbons (Fsp3) is 0.182. The maximum absolute atomic E-state index is 12.2.